The molecule has 0 radical (unpaired) electrons. The lowest BCUT2D eigenvalue weighted by Crippen LogP contribution is -2.38. The second-order valence-corrected chi connectivity index (χ2v) is 12.0. The maximum absolute atomic E-state index is 13.6. The van der Waals surface area contributed by atoms with Crippen molar-refractivity contribution in [3.63, 3.8) is 0 Å². The first-order valence-electron chi connectivity index (χ1n) is 15.2. The number of H-pyrrole nitrogens is 1. The Balaban J connectivity index is 1.12. The summed E-state index contributed by atoms with van der Waals surface area (Å²) in [7, 11) is 0. The highest BCUT2D eigenvalue weighted by molar-refractivity contribution is 6.11. The highest BCUT2D eigenvalue weighted by Gasteiger charge is 2.33. The highest BCUT2D eigenvalue weighted by atomic mass is 19.3. The number of hydrogen-bond acceptors (Lipinski definition) is 5. The smallest absolute Gasteiger partial charge is 0.276 e. The Labute approximate surface area is 245 Å². The zero-order chi connectivity index (χ0) is 28.9. The summed E-state index contributed by atoms with van der Waals surface area (Å²) in [6.45, 7) is 1.32. The number of halogens is 2. The number of nitrogens with one attached hydrogen (secondary N) is 2. The van der Waals surface area contributed by atoms with E-state index >= 15 is 0 Å². The predicted molar refractivity (Wildman–Crippen MR) is 160 cm³/mol. The van der Waals surface area contributed by atoms with Crippen molar-refractivity contribution in [3.05, 3.63) is 71.9 Å². The summed E-state index contributed by atoms with van der Waals surface area (Å²) in [6, 6.07) is 11.8. The van der Waals surface area contributed by atoms with Gasteiger partial charge in [0, 0.05) is 61.5 Å². The van der Waals surface area contributed by atoms with Crippen LogP contribution in [0.2, 0.25) is 0 Å². The van der Waals surface area contributed by atoms with Gasteiger partial charge in [0.25, 0.3) is 11.8 Å². The van der Waals surface area contributed by atoms with Crippen molar-refractivity contribution < 1.29 is 13.6 Å². The Morgan fingerprint density at radius 1 is 0.952 bits per heavy atom. The lowest BCUT2D eigenvalue weighted by atomic mass is 9.88. The highest BCUT2D eigenvalue weighted by Crippen LogP contribution is 2.30. The molecular weight excluding hydrogens is 534 g/mol. The van der Waals surface area contributed by atoms with Crippen LogP contribution < -0.4 is 5.32 Å². The number of carbonyl (C=O) groups excluding carboxylic acids is 1. The molecule has 3 aromatic heterocycles. The van der Waals surface area contributed by atoms with Gasteiger partial charge in [-0.1, -0.05) is 51.0 Å². The van der Waals surface area contributed by atoms with E-state index in [2.05, 4.69) is 25.5 Å². The molecule has 4 aromatic rings. The fourth-order valence-electron chi connectivity index (χ4n) is 6.25. The lowest BCUT2D eigenvalue weighted by molar-refractivity contribution is -0.0566. The van der Waals surface area contributed by atoms with Gasteiger partial charge in [-0.25, -0.2) is 8.78 Å². The van der Waals surface area contributed by atoms with E-state index in [0.29, 0.717) is 42.3 Å². The number of likely N-dealkylation sites (tertiary alicyclic amines) is 1. The van der Waals surface area contributed by atoms with Gasteiger partial charge in [0.05, 0.1) is 17.4 Å². The summed E-state index contributed by atoms with van der Waals surface area (Å²) >= 11 is 0. The van der Waals surface area contributed by atoms with Crippen molar-refractivity contribution in [2.75, 3.05) is 18.4 Å². The third kappa shape index (κ3) is 7.01. The molecule has 1 aromatic carbocycles. The third-order valence-corrected chi connectivity index (χ3v) is 8.71. The number of aromatic nitrogens is 4. The van der Waals surface area contributed by atoms with Gasteiger partial charge in [-0.3, -0.25) is 24.8 Å². The fourth-order valence-corrected chi connectivity index (χ4v) is 6.25. The number of fused-ring (bicyclic) bond motifs is 1. The van der Waals surface area contributed by atoms with Crippen LogP contribution in [0.5, 0.6) is 0 Å². The molecule has 0 spiro atoms. The summed E-state index contributed by atoms with van der Waals surface area (Å²) in [5.74, 6) is -2.17. The molecule has 6 rings (SSSR count). The molecule has 1 saturated heterocycles. The molecular formula is C33H38F2N6O. The largest absolute Gasteiger partial charge is 0.319 e. The number of piperidine rings is 1. The Morgan fingerprint density at radius 3 is 2.50 bits per heavy atom. The van der Waals surface area contributed by atoms with E-state index in [-0.39, 0.29) is 18.7 Å². The summed E-state index contributed by atoms with van der Waals surface area (Å²) in [5.41, 5.74) is 5.54. The van der Waals surface area contributed by atoms with E-state index in [1.54, 1.807) is 18.6 Å². The van der Waals surface area contributed by atoms with Crippen LogP contribution in [0.4, 0.5) is 14.5 Å². The minimum absolute atomic E-state index is 0.108. The first kappa shape index (κ1) is 28.4. The molecule has 0 atom stereocenters. The topological polar surface area (TPSA) is 86.8 Å². The molecule has 4 heterocycles. The van der Waals surface area contributed by atoms with Crippen LogP contribution in [0, 0.1) is 5.92 Å². The number of benzene rings is 1. The van der Waals surface area contributed by atoms with E-state index in [1.165, 1.54) is 44.9 Å². The molecule has 0 bridgehead atoms. The minimum Gasteiger partial charge on any atom is -0.319 e. The number of rotatable bonds is 7. The summed E-state index contributed by atoms with van der Waals surface area (Å²) in [6.07, 6.45) is 15.3. The molecule has 1 aliphatic heterocycles. The second kappa shape index (κ2) is 12.7. The van der Waals surface area contributed by atoms with Crippen molar-refractivity contribution in [2.45, 2.75) is 76.7 Å². The predicted octanol–water partition coefficient (Wildman–Crippen LogP) is 7.41. The number of alkyl halides is 2. The molecule has 1 aliphatic carbocycles. The molecule has 42 heavy (non-hydrogen) atoms. The van der Waals surface area contributed by atoms with Gasteiger partial charge in [-0.15, -0.1) is 0 Å². The monoisotopic (exact) mass is 572 g/mol. The van der Waals surface area contributed by atoms with E-state index in [9.17, 15) is 13.6 Å². The van der Waals surface area contributed by atoms with Gasteiger partial charge in [0.2, 0.25) is 0 Å². The number of hydrogen-bond donors (Lipinski definition) is 2. The van der Waals surface area contributed by atoms with E-state index < -0.39 is 5.92 Å². The van der Waals surface area contributed by atoms with Crippen molar-refractivity contribution in [1.82, 2.24) is 25.1 Å². The van der Waals surface area contributed by atoms with Crippen molar-refractivity contribution in [1.29, 1.82) is 0 Å². The average Bonchev–Trinajstić information content (AvgIpc) is 3.40. The van der Waals surface area contributed by atoms with Gasteiger partial charge in [-0.2, -0.15) is 5.10 Å². The zero-order valence-corrected chi connectivity index (χ0v) is 23.9. The van der Waals surface area contributed by atoms with Gasteiger partial charge >= 0.3 is 0 Å². The van der Waals surface area contributed by atoms with E-state index in [1.807, 2.05) is 41.3 Å². The number of aromatic amines is 1. The van der Waals surface area contributed by atoms with Crippen LogP contribution in [-0.2, 0) is 13.0 Å². The molecule has 0 unspecified atom stereocenters. The SMILES string of the molecule is O=C(Nc1ccc(CC2CCCCCCC2)nc1)c1n[nH]c2ccc(-c3cncc(CN4CCC(F)(F)CC4)c3)cc12. The summed E-state index contributed by atoms with van der Waals surface area (Å²) in [5, 5.41) is 10.9. The molecule has 220 valence electrons. The maximum atomic E-state index is 13.6. The standard InChI is InChI=1S/C33H38F2N6O/c34-33(35)12-14-41(15-13-33)22-24-16-26(20-36-19-24)25-8-11-30-29(18-25)31(40-39-30)32(42)38-28-10-9-27(37-21-28)17-23-6-4-2-1-3-5-7-23/h8-11,16,18-21,23H,1-7,12-15,17,22H2,(H,38,42)(H,39,40). The molecule has 1 amide bonds. The van der Waals surface area contributed by atoms with Gasteiger partial charge in [0.1, 0.15) is 0 Å². The molecule has 2 aliphatic rings. The number of amides is 1. The molecule has 2 fully saturated rings. The van der Waals surface area contributed by atoms with Gasteiger partial charge in [-0.05, 0) is 53.8 Å². The van der Waals surface area contributed by atoms with Crippen molar-refractivity contribution >= 4 is 22.5 Å². The van der Waals surface area contributed by atoms with E-state index in [4.69, 9.17) is 0 Å². The zero-order valence-electron chi connectivity index (χ0n) is 23.9. The molecule has 1 saturated carbocycles. The number of pyridine rings is 2. The van der Waals surface area contributed by atoms with Crippen LogP contribution in [0.1, 0.15) is 79.5 Å². The number of anilines is 1. The minimum atomic E-state index is -2.56. The van der Waals surface area contributed by atoms with Crippen LogP contribution in [0.3, 0.4) is 0 Å². The third-order valence-electron chi connectivity index (χ3n) is 8.71. The van der Waals surface area contributed by atoms with Gasteiger partial charge in [0.15, 0.2) is 5.69 Å². The van der Waals surface area contributed by atoms with E-state index in [0.717, 1.165) is 34.3 Å². The number of carbonyl (C=O) groups is 1. The summed E-state index contributed by atoms with van der Waals surface area (Å²) < 4.78 is 27.1. The average molecular weight is 573 g/mol. The van der Waals surface area contributed by atoms with Crippen LogP contribution >= 0.6 is 0 Å². The fraction of sp³-hybridized carbons (Fsp3) is 0.455. The Morgan fingerprint density at radius 2 is 1.74 bits per heavy atom. The lowest BCUT2D eigenvalue weighted by Gasteiger charge is -2.31. The first-order valence-corrected chi connectivity index (χ1v) is 15.2. The number of nitrogens with zero attached hydrogens (tertiary/aromatic N) is 4. The Bertz CT molecular complexity index is 1500. The van der Waals surface area contributed by atoms with Crippen LogP contribution in [0.25, 0.3) is 22.0 Å². The first-order chi connectivity index (χ1) is 20.4. The van der Waals surface area contributed by atoms with Crippen LogP contribution in [-0.4, -0.2) is 50.0 Å². The molecule has 9 heteroatoms. The van der Waals surface area contributed by atoms with Crippen molar-refractivity contribution in [3.8, 4) is 11.1 Å². The molecule has 2 N–H and O–H groups in total. The summed E-state index contributed by atoms with van der Waals surface area (Å²) in [4.78, 5) is 24.3. The van der Waals surface area contributed by atoms with Gasteiger partial charge < -0.3 is 5.32 Å². The Hall–Kier alpha value is -3.72. The van der Waals surface area contributed by atoms with Crippen molar-refractivity contribution in [2.24, 2.45) is 5.92 Å². The normalized spacial score (nSPS) is 18.4. The quantitative estimate of drug-likeness (QED) is 0.241. The maximum Gasteiger partial charge on any atom is 0.276 e. The molecule has 7 nitrogen and oxygen atoms in total. The second-order valence-electron chi connectivity index (χ2n) is 12.0. The Kier molecular flexibility index (Phi) is 8.55. The van der Waals surface area contributed by atoms with Crippen LogP contribution in [0.15, 0.2) is 55.0 Å².